The van der Waals surface area contributed by atoms with Crippen molar-refractivity contribution in [2.45, 2.75) is 20.8 Å². The van der Waals surface area contributed by atoms with Crippen molar-refractivity contribution in [1.29, 1.82) is 0 Å². The van der Waals surface area contributed by atoms with Gasteiger partial charge in [0.15, 0.2) is 11.6 Å². The van der Waals surface area contributed by atoms with Gasteiger partial charge in [0, 0.05) is 25.3 Å². The largest absolute Gasteiger partial charge is 0.491 e. The molecule has 0 aromatic heterocycles. The van der Waals surface area contributed by atoms with Crippen molar-refractivity contribution < 1.29 is 13.9 Å². The van der Waals surface area contributed by atoms with Gasteiger partial charge in [0.25, 0.3) is 0 Å². The van der Waals surface area contributed by atoms with E-state index in [1.165, 1.54) is 17.0 Å². The van der Waals surface area contributed by atoms with E-state index in [0.29, 0.717) is 12.3 Å². The van der Waals surface area contributed by atoms with E-state index in [0.717, 1.165) is 0 Å². The molecule has 1 aromatic rings. The van der Waals surface area contributed by atoms with Crippen molar-refractivity contribution in [3.8, 4) is 5.75 Å². The van der Waals surface area contributed by atoms with Crippen LogP contribution in [0.25, 0.3) is 0 Å². The van der Waals surface area contributed by atoms with E-state index in [4.69, 9.17) is 10.5 Å². The van der Waals surface area contributed by atoms with Gasteiger partial charge in [-0.25, -0.2) is 4.39 Å². The second-order valence-electron chi connectivity index (χ2n) is 5.00. The molecule has 4 nitrogen and oxygen atoms in total. The number of anilines is 1. The van der Waals surface area contributed by atoms with Gasteiger partial charge in [-0.1, -0.05) is 0 Å². The van der Waals surface area contributed by atoms with Crippen molar-refractivity contribution in [2.24, 2.45) is 11.1 Å². The number of nitrogens with zero attached hydrogens (tertiary/aromatic N) is 1. The van der Waals surface area contributed by atoms with E-state index in [1.54, 1.807) is 33.9 Å². The summed E-state index contributed by atoms with van der Waals surface area (Å²) in [5.74, 6) is -0.451. The summed E-state index contributed by atoms with van der Waals surface area (Å²) in [6.45, 7) is 5.93. The first-order valence-electron chi connectivity index (χ1n) is 6.24. The minimum Gasteiger partial charge on any atom is -0.491 e. The summed E-state index contributed by atoms with van der Waals surface area (Å²) >= 11 is 0. The van der Waals surface area contributed by atoms with E-state index in [9.17, 15) is 9.18 Å². The SMILES string of the molecule is CCOc1ccc(N(C)C(=O)C(C)(C)CN)cc1F. The summed E-state index contributed by atoms with van der Waals surface area (Å²) in [6.07, 6.45) is 0. The Morgan fingerprint density at radius 2 is 2.11 bits per heavy atom. The fourth-order valence-corrected chi connectivity index (χ4v) is 1.63. The molecule has 1 aromatic carbocycles. The lowest BCUT2D eigenvalue weighted by atomic mass is 9.92. The highest BCUT2D eigenvalue weighted by Gasteiger charge is 2.29. The Balaban J connectivity index is 2.98. The van der Waals surface area contributed by atoms with Gasteiger partial charge in [0.2, 0.25) is 5.91 Å². The minimum atomic E-state index is -0.677. The van der Waals surface area contributed by atoms with Crippen molar-refractivity contribution in [3.63, 3.8) is 0 Å². The maximum absolute atomic E-state index is 13.8. The Hall–Kier alpha value is -1.62. The number of carbonyl (C=O) groups is 1. The molecule has 0 fully saturated rings. The quantitative estimate of drug-likeness (QED) is 0.890. The van der Waals surface area contributed by atoms with Crippen LogP contribution in [-0.4, -0.2) is 26.1 Å². The molecule has 0 saturated heterocycles. The highest BCUT2D eigenvalue weighted by atomic mass is 19.1. The molecule has 0 aliphatic heterocycles. The van der Waals surface area contributed by atoms with Crippen LogP contribution < -0.4 is 15.4 Å². The fraction of sp³-hybridized carbons (Fsp3) is 0.500. The molecule has 0 aliphatic carbocycles. The smallest absolute Gasteiger partial charge is 0.233 e. The van der Waals surface area contributed by atoms with Crippen LogP contribution in [0, 0.1) is 11.2 Å². The lowest BCUT2D eigenvalue weighted by Gasteiger charge is -2.28. The summed E-state index contributed by atoms with van der Waals surface area (Å²) < 4.78 is 18.9. The molecule has 1 rings (SSSR count). The first-order chi connectivity index (χ1) is 8.83. The lowest BCUT2D eigenvalue weighted by molar-refractivity contribution is -0.125. The average molecular weight is 268 g/mol. The van der Waals surface area contributed by atoms with E-state index in [2.05, 4.69) is 0 Å². The van der Waals surface area contributed by atoms with E-state index < -0.39 is 11.2 Å². The third kappa shape index (κ3) is 3.44. The number of hydrogen-bond acceptors (Lipinski definition) is 3. The summed E-state index contributed by atoms with van der Waals surface area (Å²) in [7, 11) is 1.61. The van der Waals surface area contributed by atoms with Crippen LogP contribution in [0.15, 0.2) is 18.2 Å². The van der Waals surface area contributed by atoms with Crippen LogP contribution in [0.5, 0.6) is 5.75 Å². The maximum atomic E-state index is 13.8. The van der Waals surface area contributed by atoms with Crippen LogP contribution in [0.2, 0.25) is 0 Å². The number of nitrogens with two attached hydrogens (primary N) is 1. The van der Waals surface area contributed by atoms with Gasteiger partial charge in [-0.05, 0) is 32.9 Å². The van der Waals surface area contributed by atoms with Gasteiger partial charge >= 0.3 is 0 Å². The lowest BCUT2D eigenvalue weighted by Crippen LogP contribution is -2.43. The molecule has 0 spiro atoms. The molecular formula is C14H21FN2O2. The number of hydrogen-bond donors (Lipinski definition) is 1. The van der Waals surface area contributed by atoms with Crippen molar-refractivity contribution in [3.05, 3.63) is 24.0 Å². The van der Waals surface area contributed by atoms with E-state index >= 15 is 0 Å². The monoisotopic (exact) mass is 268 g/mol. The molecule has 106 valence electrons. The van der Waals surface area contributed by atoms with Gasteiger partial charge in [-0.3, -0.25) is 4.79 Å². The maximum Gasteiger partial charge on any atom is 0.233 e. The van der Waals surface area contributed by atoms with Crippen LogP contribution >= 0.6 is 0 Å². The first kappa shape index (κ1) is 15.4. The summed E-state index contributed by atoms with van der Waals surface area (Å²) in [4.78, 5) is 13.6. The molecule has 0 radical (unpaired) electrons. The first-order valence-corrected chi connectivity index (χ1v) is 6.24. The molecule has 0 atom stereocenters. The number of benzene rings is 1. The van der Waals surface area contributed by atoms with Gasteiger partial charge in [0.05, 0.1) is 12.0 Å². The van der Waals surface area contributed by atoms with E-state index in [1.807, 2.05) is 0 Å². The Kier molecular flexibility index (Phi) is 4.89. The zero-order chi connectivity index (χ0) is 14.6. The third-order valence-electron chi connectivity index (χ3n) is 3.00. The van der Waals surface area contributed by atoms with Crippen molar-refractivity contribution >= 4 is 11.6 Å². The fourth-order valence-electron chi connectivity index (χ4n) is 1.63. The van der Waals surface area contributed by atoms with Crippen LogP contribution in [-0.2, 0) is 4.79 Å². The normalized spacial score (nSPS) is 11.3. The summed E-state index contributed by atoms with van der Waals surface area (Å²) in [6, 6.07) is 4.46. The molecule has 19 heavy (non-hydrogen) atoms. The van der Waals surface area contributed by atoms with Gasteiger partial charge < -0.3 is 15.4 Å². The zero-order valence-corrected chi connectivity index (χ0v) is 11.9. The highest BCUT2D eigenvalue weighted by Crippen LogP contribution is 2.26. The Labute approximate surface area is 113 Å². The summed E-state index contributed by atoms with van der Waals surface area (Å²) in [5.41, 5.74) is 5.38. The minimum absolute atomic E-state index is 0.154. The van der Waals surface area contributed by atoms with Gasteiger partial charge in [-0.15, -0.1) is 0 Å². The Morgan fingerprint density at radius 1 is 1.47 bits per heavy atom. The number of rotatable bonds is 5. The molecule has 0 unspecified atom stereocenters. The number of carbonyl (C=O) groups excluding carboxylic acids is 1. The Bertz CT molecular complexity index is 461. The van der Waals surface area contributed by atoms with E-state index in [-0.39, 0.29) is 18.2 Å². The third-order valence-corrected chi connectivity index (χ3v) is 3.00. The molecule has 1 amide bonds. The molecule has 2 N–H and O–H groups in total. The molecule has 0 aliphatic rings. The number of amides is 1. The highest BCUT2D eigenvalue weighted by molar-refractivity contribution is 5.96. The van der Waals surface area contributed by atoms with Gasteiger partial charge in [0.1, 0.15) is 0 Å². The number of halogens is 1. The van der Waals surface area contributed by atoms with Gasteiger partial charge in [-0.2, -0.15) is 0 Å². The zero-order valence-electron chi connectivity index (χ0n) is 11.9. The summed E-state index contributed by atoms with van der Waals surface area (Å²) in [5, 5.41) is 0. The standard InChI is InChI=1S/C14H21FN2O2/c1-5-19-12-7-6-10(8-11(12)15)17(4)13(18)14(2,3)9-16/h6-8H,5,9,16H2,1-4H3. The predicted molar refractivity (Wildman–Crippen MR) is 73.8 cm³/mol. The van der Waals surface area contributed by atoms with Crippen molar-refractivity contribution in [2.75, 3.05) is 25.1 Å². The van der Waals surface area contributed by atoms with Crippen LogP contribution in [0.1, 0.15) is 20.8 Å². The molecule has 0 heterocycles. The molecular weight excluding hydrogens is 247 g/mol. The topological polar surface area (TPSA) is 55.6 Å². The second-order valence-corrected chi connectivity index (χ2v) is 5.00. The van der Waals surface area contributed by atoms with Crippen molar-refractivity contribution in [1.82, 2.24) is 0 Å². The number of ether oxygens (including phenoxy) is 1. The Morgan fingerprint density at radius 3 is 2.58 bits per heavy atom. The molecule has 0 bridgehead atoms. The molecule has 0 saturated carbocycles. The average Bonchev–Trinajstić information content (AvgIpc) is 2.39. The molecule has 5 heteroatoms. The van der Waals surface area contributed by atoms with Crippen LogP contribution in [0.3, 0.4) is 0 Å². The second kappa shape index (κ2) is 6.02. The van der Waals surface area contributed by atoms with Crippen LogP contribution in [0.4, 0.5) is 10.1 Å². The predicted octanol–water partition coefficient (Wildman–Crippen LogP) is 2.17.